The monoisotopic (exact) mass is 397 g/mol. The second-order valence-electron chi connectivity index (χ2n) is 6.72. The third-order valence-electron chi connectivity index (χ3n) is 5.05. The Balaban J connectivity index is 1.64. The van der Waals surface area contributed by atoms with Gasteiger partial charge in [0, 0.05) is 17.8 Å². The van der Waals surface area contributed by atoms with Crippen LogP contribution in [0.1, 0.15) is 28.8 Å². The molecule has 2 aliphatic rings. The van der Waals surface area contributed by atoms with Crippen molar-refractivity contribution < 1.29 is 28.5 Å². The molecule has 0 bridgehead atoms. The van der Waals surface area contributed by atoms with E-state index in [1.54, 1.807) is 17.0 Å². The second-order valence-corrected chi connectivity index (χ2v) is 6.72. The summed E-state index contributed by atoms with van der Waals surface area (Å²) in [7, 11) is 4.60. The van der Waals surface area contributed by atoms with Gasteiger partial charge in [0.25, 0.3) is 5.91 Å². The normalized spacial score (nSPS) is 16.2. The van der Waals surface area contributed by atoms with E-state index in [1.807, 2.05) is 24.3 Å². The number of hydrogen-bond acceptors (Lipinski definition) is 6. The molecular formula is C22H23NO6. The molecule has 1 saturated heterocycles. The van der Waals surface area contributed by atoms with Gasteiger partial charge in [0.15, 0.2) is 23.0 Å². The van der Waals surface area contributed by atoms with Crippen molar-refractivity contribution in [2.45, 2.75) is 12.8 Å². The van der Waals surface area contributed by atoms with Crippen molar-refractivity contribution in [2.75, 3.05) is 34.7 Å². The average Bonchev–Trinajstić information content (AvgIpc) is 3.41. The lowest BCUT2D eigenvalue weighted by atomic mass is 10.1. The standard InChI is InChI=1S/C22H23NO6/c1-25-19-11-15(12-20(26-2)21(19)27-3)22(24)23-8-4-5-16(23)9-14-6-7-17-18(10-14)29-13-28-17/h6-7,9-12H,4-5,8,13H2,1-3H3/b16-9+. The van der Waals surface area contributed by atoms with E-state index in [0.29, 0.717) is 29.4 Å². The minimum atomic E-state index is -0.103. The predicted octanol–water partition coefficient (Wildman–Crippen LogP) is 3.72. The highest BCUT2D eigenvalue weighted by molar-refractivity contribution is 5.97. The van der Waals surface area contributed by atoms with Crippen LogP contribution in [0.4, 0.5) is 0 Å². The van der Waals surface area contributed by atoms with Gasteiger partial charge in [-0.15, -0.1) is 0 Å². The van der Waals surface area contributed by atoms with Crippen LogP contribution in [0.5, 0.6) is 28.7 Å². The van der Waals surface area contributed by atoms with Gasteiger partial charge in [-0.05, 0) is 48.7 Å². The zero-order valence-electron chi connectivity index (χ0n) is 16.7. The maximum absolute atomic E-state index is 13.3. The number of carbonyl (C=O) groups excluding carboxylic acids is 1. The van der Waals surface area contributed by atoms with Crippen molar-refractivity contribution in [3.8, 4) is 28.7 Å². The van der Waals surface area contributed by atoms with Gasteiger partial charge in [-0.3, -0.25) is 4.79 Å². The SMILES string of the molecule is COc1cc(C(=O)N2CCC/C2=C\c2ccc3c(c2)OCO3)cc(OC)c1OC. The summed E-state index contributed by atoms with van der Waals surface area (Å²) in [5.74, 6) is 2.73. The zero-order valence-corrected chi connectivity index (χ0v) is 16.7. The summed E-state index contributed by atoms with van der Waals surface area (Å²) in [6.45, 7) is 0.896. The fourth-order valence-electron chi connectivity index (χ4n) is 3.63. The first-order valence-electron chi connectivity index (χ1n) is 9.36. The largest absolute Gasteiger partial charge is 0.493 e. The molecule has 0 spiro atoms. The Morgan fingerprint density at radius 2 is 1.72 bits per heavy atom. The molecule has 2 heterocycles. The van der Waals surface area contributed by atoms with Crippen LogP contribution in [0.2, 0.25) is 0 Å². The first-order chi connectivity index (χ1) is 14.1. The lowest BCUT2D eigenvalue weighted by Crippen LogP contribution is -2.26. The Bertz CT molecular complexity index is 943. The third-order valence-corrected chi connectivity index (χ3v) is 5.05. The molecule has 0 unspecified atom stereocenters. The van der Waals surface area contributed by atoms with Crippen molar-refractivity contribution in [2.24, 2.45) is 0 Å². The minimum Gasteiger partial charge on any atom is -0.493 e. The summed E-state index contributed by atoms with van der Waals surface area (Å²) in [4.78, 5) is 15.1. The Hall–Kier alpha value is -3.35. The molecule has 2 aromatic carbocycles. The van der Waals surface area contributed by atoms with Gasteiger partial charge in [0.2, 0.25) is 12.5 Å². The van der Waals surface area contributed by atoms with Gasteiger partial charge in [0.1, 0.15) is 0 Å². The van der Waals surface area contributed by atoms with Crippen LogP contribution in [0.15, 0.2) is 36.0 Å². The summed E-state index contributed by atoms with van der Waals surface area (Å²) in [5.41, 5.74) is 2.41. The van der Waals surface area contributed by atoms with Crippen LogP contribution in [-0.4, -0.2) is 45.5 Å². The molecule has 0 aliphatic carbocycles. The summed E-state index contributed by atoms with van der Waals surface area (Å²) < 4.78 is 26.9. The van der Waals surface area contributed by atoms with Crippen molar-refractivity contribution in [3.63, 3.8) is 0 Å². The summed E-state index contributed by atoms with van der Waals surface area (Å²) >= 11 is 0. The molecule has 2 aliphatic heterocycles. The molecule has 152 valence electrons. The first kappa shape index (κ1) is 19.0. The van der Waals surface area contributed by atoms with Gasteiger partial charge < -0.3 is 28.6 Å². The maximum atomic E-state index is 13.3. The van der Waals surface area contributed by atoms with E-state index in [2.05, 4.69) is 0 Å². The first-order valence-corrected chi connectivity index (χ1v) is 9.36. The van der Waals surface area contributed by atoms with E-state index < -0.39 is 0 Å². The highest BCUT2D eigenvalue weighted by Crippen LogP contribution is 2.39. The van der Waals surface area contributed by atoms with Crippen LogP contribution < -0.4 is 23.7 Å². The van der Waals surface area contributed by atoms with E-state index in [9.17, 15) is 4.79 Å². The average molecular weight is 397 g/mol. The molecule has 0 atom stereocenters. The van der Waals surface area contributed by atoms with E-state index in [1.165, 1.54) is 21.3 Å². The van der Waals surface area contributed by atoms with Crippen LogP contribution >= 0.6 is 0 Å². The molecule has 0 aromatic heterocycles. The summed E-state index contributed by atoms with van der Waals surface area (Å²) in [6.07, 6.45) is 3.75. The molecule has 0 saturated carbocycles. The number of carbonyl (C=O) groups is 1. The maximum Gasteiger partial charge on any atom is 0.258 e. The Labute approximate surface area is 169 Å². The number of hydrogen-bond donors (Lipinski definition) is 0. The van der Waals surface area contributed by atoms with Crippen LogP contribution in [0.3, 0.4) is 0 Å². The Morgan fingerprint density at radius 3 is 2.41 bits per heavy atom. The minimum absolute atomic E-state index is 0.103. The molecule has 2 aromatic rings. The number of amides is 1. The number of methoxy groups -OCH3 is 3. The van der Waals surface area contributed by atoms with E-state index in [-0.39, 0.29) is 12.7 Å². The molecule has 0 N–H and O–H groups in total. The fraction of sp³-hybridized carbons (Fsp3) is 0.318. The van der Waals surface area contributed by atoms with Gasteiger partial charge in [-0.25, -0.2) is 0 Å². The summed E-state index contributed by atoms with van der Waals surface area (Å²) in [6, 6.07) is 9.13. The predicted molar refractivity (Wildman–Crippen MR) is 107 cm³/mol. The molecule has 1 amide bonds. The van der Waals surface area contributed by atoms with E-state index in [4.69, 9.17) is 23.7 Å². The van der Waals surface area contributed by atoms with Crippen LogP contribution in [-0.2, 0) is 0 Å². The number of rotatable bonds is 5. The topological polar surface area (TPSA) is 66.5 Å². The van der Waals surface area contributed by atoms with E-state index in [0.717, 1.165) is 35.6 Å². The number of fused-ring (bicyclic) bond motifs is 1. The van der Waals surface area contributed by atoms with Crippen LogP contribution in [0, 0.1) is 0 Å². The second kappa shape index (κ2) is 7.95. The smallest absolute Gasteiger partial charge is 0.258 e. The lowest BCUT2D eigenvalue weighted by Gasteiger charge is -2.20. The van der Waals surface area contributed by atoms with Crippen molar-refractivity contribution in [3.05, 3.63) is 47.2 Å². The number of likely N-dealkylation sites (tertiary alicyclic amines) is 1. The van der Waals surface area contributed by atoms with Crippen LogP contribution in [0.25, 0.3) is 6.08 Å². The van der Waals surface area contributed by atoms with E-state index >= 15 is 0 Å². The van der Waals surface area contributed by atoms with Gasteiger partial charge in [0.05, 0.1) is 21.3 Å². The number of allylic oxidation sites excluding steroid dienone is 1. The molecule has 7 heteroatoms. The van der Waals surface area contributed by atoms with Gasteiger partial charge in [-0.2, -0.15) is 0 Å². The number of ether oxygens (including phenoxy) is 5. The highest BCUT2D eigenvalue weighted by atomic mass is 16.7. The quantitative estimate of drug-likeness (QED) is 0.766. The molecule has 29 heavy (non-hydrogen) atoms. The Kier molecular flexibility index (Phi) is 5.20. The lowest BCUT2D eigenvalue weighted by molar-refractivity contribution is 0.0825. The molecule has 0 radical (unpaired) electrons. The summed E-state index contributed by atoms with van der Waals surface area (Å²) in [5, 5.41) is 0. The van der Waals surface area contributed by atoms with Gasteiger partial charge >= 0.3 is 0 Å². The number of benzene rings is 2. The zero-order chi connectivity index (χ0) is 20.4. The van der Waals surface area contributed by atoms with Crippen molar-refractivity contribution in [1.82, 2.24) is 4.90 Å². The fourth-order valence-corrected chi connectivity index (χ4v) is 3.63. The molecule has 1 fully saturated rings. The highest BCUT2D eigenvalue weighted by Gasteiger charge is 2.27. The Morgan fingerprint density at radius 1 is 1.00 bits per heavy atom. The van der Waals surface area contributed by atoms with Crippen molar-refractivity contribution >= 4 is 12.0 Å². The van der Waals surface area contributed by atoms with Gasteiger partial charge in [-0.1, -0.05) is 6.07 Å². The molecular weight excluding hydrogens is 374 g/mol. The molecule has 7 nitrogen and oxygen atoms in total. The molecule has 4 rings (SSSR count). The van der Waals surface area contributed by atoms with Crippen molar-refractivity contribution in [1.29, 1.82) is 0 Å². The third kappa shape index (κ3) is 3.55. The number of nitrogens with zero attached hydrogens (tertiary/aromatic N) is 1.